The van der Waals surface area contributed by atoms with E-state index in [1.807, 2.05) is 0 Å². The minimum absolute atomic E-state index is 0.850. The average molecular weight is 289 g/mol. The van der Waals surface area contributed by atoms with Gasteiger partial charge < -0.3 is 4.90 Å². The summed E-state index contributed by atoms with van der Waals surface area (Å²) in [7, 11) is 0. The third-order valence-corrected chi connectivity index (χ3v) is 5.14. The normalized spacial score (nSPS) is 18.2. The summed E-state index contributed by atoms with van der Waals surface area (Å²) in [5.74, 6) is 0.850. The van der Waals surface area contributed by atoms with E-state index in [-0.39, 0.29) is 0 Å². The van der Waals surface area contributed by atoms with Gasteiger partial charge in [0.05, 0.1) is 0 Å². The van der Waals surface area contributed by atoms with Gasteiger partial charge in [0.25, 0.3) is 0 Å². The van der Waals surface area contributed by atoms with E-state index in [2.05, 4.69) is 65.6 Å². The standard InChI is InChI=1S/C21H23N/c1-2-6-17(7-3-1)14-18-10-12-22(13-11-18)21-15-19-8-4-5-9-20(19)16-21/h1-9,15,18H,10-14,16H2. The van der Waals surface area contributed by atoms with Gasteiger partial charge in [0, 0.05) is 25.2 Å². The van der Waals surface area contributed by atoms with Gasteiger partial charge in [-0.3, -0.25) is 0 Å². The maximum atomic E-state index is 2.61. The van der Waals surface area contributed by atoms with Crippen LogP contribution in [0.15, 0.2) is 60.3 Å². The molecule has 0 aromatic heterocycles. The van der Waals surface area contributed by atoms with Crippen LogP contribution in [0.2, 0.25) is 0 Å². The smallest absolute Gasteiger partial charge is 0.0183 e. The molecule has 1 fully saturated rings. The predicted molar refractivity (Wildman–Crippen MR) is 92.6 cm³/mol. The molecule has 2 aromatic rings. The highest BCUT2D eigenvalue weighted by Crippen LogP contribution is 2.30. The van der Waals surface area contributed by atoms with Crippen LogP contribution >= 0.6 is 0 Å². The Morgan fingerprint density at radius 1 is 0.864 bits per heavy atom. The van der Waals surface area contributed by atoms with Crippen LogP contribution in [-0.4, -0.2) is 18.0 Å². The van der Waals surface area contributed by atoms with Gasteiger partial charge in [-0.1, -0.05) is 54.6 Å². The number of hydrogen-bond donors (Lipinski definition) is 0. The summed E-state index contributed by atoms with van der Waals surface area (Å²) < 4.78 is 0. The van der Waals surface area contributed by atoms with Crippen molar-refractivity contribution in [1.82, 2.24) is 4.90 Å². The van der Waals surface area contributed by atoms with Crippen molar-refractivity contribution in [1.29, 1.82) is 0 Å². The Morgan fingerprint density at radius 3 is 2.36 bits per heavy atom. The number of piperidine rings is 1. The van der Waals surface area contributed by atoms with Crippen molar-refractivity contribution in [3.63, 3.8) is 0 Å². The molecular weight excluding hydrogens is 266 g/mol. The Morgan fingerprint density at radius 2 is 1.59 bits per heavy atom. The Bertz CT molecular complexity index is 663. The van der Waals surface area contributed by atoms with Crippen LogP contribution in [0.25, 0.3) is 6.08 Å². The fraction of sp³-hybridized carbons (Fsp3) is 0.333. The van der Waals surface area contributed by atoms with Crippen molar-refractivity contribution in [2.45, 2.75) is 25.7 Å². The summed E-state index contributed by atoms with van der Waals surface area (Å²) in [6.07, 6.45) is 7.41. The van der Waals surface area contributed by atoms with Gasteiger partial charge in [-0.25, -0.2) is 0 Å². The SMILES string of the molecule is C1=C(N2CCC(Cc3ccccc3)CC2)Cc2ccccc21. The lowest BCUT2D eigenvalue weighted by atomic mass is 9.90. The highest BCUT2D eigenvalue weighted by atomic mass is 15.1. The molecule has 0 radical (unpaired) electrons. The molecule has 0 bridgehead atoms. The number of nitrogens with zero attached hydrogens (tertiary/aromatic N) is 1. The number of fused-ring (bicyclic) bond motifs is 1. The molecule has 22 heavy (non-hydrogen) atoms. The van der Waals surface area contributed by atoms with E-state index in [4.69, 9.17) is 0 Å². The van der Waals surface area contributed by atoms with Gasteiger partial charge in [-0.2, -0.15) is 0 Å². The molecule has 0 unspecified atom stereocenters. The zero-order valence-corrected chi connectivity index (χ0v) is 13.0. The first-order valence-electron chi connectivity index (χ1n) is 8.46. The topological polar surface area (TPSA) is 3.24 Å². The van der Waals surface area contributed by atoms with Crippen molar-refractivity contribution in [2.75, 3.05) is 13.1 Å². The summed E-state index contributed by atoms with van der Waals surface area (Å²) in [6, 6.07) is 19.8. The van der Waals surface area contributed by atoms with E-state index < -0.39 is 0 Å². The van der Waals surface area contributed by atoms with E-state index in [0.29, 0.717) is 0 Å². The molecule has 112 valence electrons. The van der Waals surface area contributed by atoms with Gasteiger partial charge in [0.15, 0.2) is 0 Å². The number of rotatable bonds is 3. The molecule has 1 heterocycles. The van der Waals surface area contributed by atoms with E-state index in [1.165, 1.54) is 54.7 Å². The van der Waals surface area contributed by atoms with Gasteiger partial charge in [0.1, 0.15) is 0 Å². The van der Waals surface area contributed by atoms with Gasteiger partial charge in [-0.05, 0) is 47.9 Å². The zero-order chi connectivity index (χ0) is 14.8. The maximum Gasteiger partial charge on any atom is 0.0183 e. The first-order chi connectivity index (χ1) is 10.9. The molecule has 0 amide bonds. The molecule has 0 saturated carbocycles. The Balaban J connectivity index is 1.35. The molecule has 0 spiro atoms. The lowest BCUT2D eigenvalue weighted by Gasteiger charge is -2.34. The van der Waals surface area contributed by atoms with E-state index in [9.17, 15) is 0 Å². The molecule has 1 nitrogen and oxygen atoms in total. The highest BCUT2D eigenvalue weighted by Gasteiger charge is 2.23. The van der Waals surface area contributed by atoms with Crippen LogP contribution < -0.4 is 0 Å². The van der Waals surface area contributed by atoms with Crippen molar-refractivity contribution < 1.29 is 0 Å². The third-order valence-electron chi connectivity index (χ3n) is 5.14. The second-order valence-corrected chi connectivity index (χ2v) is 6.63. The predicted octanol–water partition coefficient (Wildman–Crippen LogP) is 4.54. The molecule has 4 rings (SSSR count). The van der Waals surface area contributed by atoms with E-state index >= 15 is 0 Å². The number of allylic oxidation sites excluding steroid dienone is 1. The first-order valence-corrected chi connectivity index (χ1v) is 8.46. The lowest BCUT2D eigenvalue weighted by molar-refractivity contribution is 0.225. The quantitative estimate of drug-likeness (QED) is 0.802. The summed E-state index contributed by atoms with van der Waals surface area (Å²) in [4.78, 5) is 2.61. The second kappa shape index (κ2) is 6.00. The van der Waals surface area contributed by atoms with E-state index in [0.717, 1.165) is 12.3 Å². The maximum absolute atomic E-state index is 2.61. The molecule has 1 aliphatic carbocycles. The summed E-state index contributed by atoms with van der Waals surface area (Å²) in [5, 5.41) is 0. The van der Waals surface area contributed by atoms with Crippen LogP contribution in [0.4, 0.5) is 0 Å². The molecular formula is C21H23N. The average Bonchev–Trinajstić information content (AvgIpc) is 3.00. The van der Waals surface area contributed by atoms with Gasteiger partial charge in [-0.15, -0.1) is 0 Å². The van der Waals surface area contributed by atoms with Crippen molar-refractivity contribution in [3.05, 3.63) is 77.0 Å². The molecule has 0 N–H and O–H groups in total. The van der Waals surface area contributed by atoms with Crippen LogP contribution in [0.3, 0.4) is 0 Å². The lowest BCUT2D eigenvalue weighted by Crippen LogP contribution is -2.33. The van der Waals surface area contributed by atoms with Gasteiger partial charge in [0.2, 0.25) is 0 Å². The fourth-order valence-corrected chi connectivity index (χ4v) is 3.84. The number of likely N-dealkylation sites (tertiary alicyclic amines) is 1. The summed E-state index contributed by atoms with van der Waals surface area (Å²) in [6.45, 7) is 2.44. The summed E-state index contributed by atoms with van der Waals surface area (Å²) in [5.41, 5.74) is 5.93. The zero-order valence-electron chi connectivity index (χ0n) is 13.0. The fourth-order valence-electron chi connectivity index (χ4n) is 3.84. The van der Waals surface area contributed by atoms with Crippen LogP contribution in [0, 0.1) is 5.92 Å². The monoisotopic (exact) mass is 289 g/mol. The first kappa shape index (κ1) is 13.6. The molecule has 1 saturated heterocycles. The Kier molecular flexibility index (Phi) is 3.72. The minimum Gasteiger partial charge on any atom is -0.375 e. The Hall–Kier alpha value is -2.02. The molecule has 1 heteroatoms. The summed E-state index contributed by atoms with van der Waals surface area (Å²) >= 11 is 0. The largest absolute Gasteiger partial charge is 0.375 e. The Labute approximate surface area is 133 Å². The highest BCUT2D eigenvalue weighted by molar-refractivity contribution is 5.63. The molecule has 2 aromatic carbocycles. The van der Waals surface area contributed by atoms with Crippen LogP contribution in [-0.2, 0) is 12.8 Å². The van der Waals surface area contributed by atoms with Gasteiger partial charge >= 0.3 is 0 Å². The minimum atomic E-state index is 0.850. The molecule has 1 aliphatic heterocycles. The second-order valence-electron chi connectivity index (χ2n) is 6.63. The number of hydrogen-bond acceptors (Lipinski definition) is 1. The van der Waals surface area contributed by atoms with Crippen molar-refractivity contribution in [3.8, 4) is 0 Å². The molecule has 2 aliphatic rings. The van der Waals surface area contributed by atoms with Crippen molar-refractivity contribution >= 4 is 6.08 Å². The van der Waals surface area contributed by atoms with Crippen LogP contribution in [0.5, 0.6) is 0 Å². The van der Waals surface area contributed by atoms with E-state index in [1.54, 1.807) is 0 Å². The number of benzene rings is 2. The molecule has 0 atom stereocenters. The van der Waals surface area contributed by atoms with Crippen molar-refractivity contribution in [2.24, 2.45) is 5.92 Å². The third kappa shape index (κ3) is 2.81. The van der Waals surface area contributed by atoms with Crippen LogP contribution in [0.1, 0.15) is 29.5 Å².